The molecule has 5 nitrogen and oxygen atoms in total. The van der Waals surface area contributed by atoms with Gasteiger partial charge in [0.25, 0.3) is 0 Å². The second kappa shape index (κ2) is 9.02. The number of rotatable bonds is 6. The second-order valence-electron chi connectivity index (χ2n) is 3.68. The van der Waals surface area contributed by atoms with Gasteiger partial charge >= 0.3 is 0 Å². The van der Waals surface area contributed by atoms with E-state index in [1.54, 1.807) is 18.8 Å². The number of nitrogens with zero attached hydrogens (tertiary/aromatic N) is 4. The molecule has 0 aromatic rings. The number of thioether (sulfide) groups is 1. The quantitative estimate of drug-likeness (QED) is 0.346. The monoisotopic (exact) mass is 271 g/mol. The molecule has 0 aliphatic rings. The molecule has 6 heteroatoms. The van der Waals surface area contributed by atoms with E-state index in [2.05, 4.69) is 30.0 Å². The van der Waals surface area contributed by atoms with Gasteiger partial charge in [-0.1, -0.05) is 31.3 Å². The molecule has 0 saturated heterocycles. The van der Waals surface area contributed by atoms with Crippen molar-refractivity contribution in [2.45, 2.75) is 13.3 Å². The molecule has 0 fully saturated rings. The van der Waals surface area contributed by atoms with E-state index in [0.717, 1.165) is 17.3 Å². The minimum atomic E-state index is 0.854. The minimum absolute atomic E-state index is 0.854. The first kappa shape index (κ1) is 17.0. The molecule has 1 N–H and O–H groups in total. The topological polar surface area (TPSA) is 34.1 Å². The molecule has 0 heterocycles. The molecular formula is C12H25N5S. The average molecular weight is 271 g/mol. The largest absolute Gasteiger partial charge is 0.295 e. The van der Waals surface area contributed by atoms with Gasteiger partial charge in [-0.15, -0.1) is 10.2 Å². The Morgan fingerprint density at radius 3 is 2.44 bits per heavy atom. The van der Waals surface area contributed by atoms with Crippen molar-refractivity contribution in [1.29, 1.82) is 0 Å². The highest BCUT2D eigenvalue weighted by Crippen LogP contribution is 2.06. The van der Waals surface area contributed by atoms with Gasteiger partial charge in [0.2, 0.25) is 0 Å². The Morgan fingerprint density at radius 1 is 1.39 bits per heavy atom. The number of hydrogen-bond acceptors (Lipinski definition) is 5. The van der Waals surface area contributed by atoms with Gasteiger partial charge in [0, 0.05) is 33.9 Å². The van der Waals surface area contributed by atoms with E-state index in [0.29, 0.717) is 0 Å². The molecular weight excluding hydrogens is 246 g/mol. The summed E-state index contributed by atoms with van der Waals surface area (Å²) >= 11 is 1.57. The van der Waals surface area contributed by atoms with Crippen LogP contribution in [-0.4, -0.2) is 54.9 Å². The molecule has 0 aliphatic carbocycles. The standard InChI is InChI=1S/C12H25N5S/c1-8-9-10-11(2)15(4)17(6)16(5)14-12(13-3)18-7/h9-10H,2,8H2,1,3-7H3,(H,13,14)/b10-9-. The first-order valence-electron chi connectivity index (χ1n) is 5.81. The van der Waals surface area contributed by atoms with Gasteiger partial charge in [0.1, 0.15) is 0 Å². The van der Waals surface area contributed by atoms with E-state index in [-0.39, 0.29) is 0 Å². The van der Waals surface area contributed by atoms with Crippen LogP contribution < -0.4 is 5.43 Å². The van der Waals surface area contributed by atoms with E-state index >= 15 is 0 Å². The van der Waals surface area contributed by atoms with Crippen molar-refractivity contribution >= 4 is 16.9 Å². The Morgan fingerprint density at radius 2 is 2.00 bits per heavy atom. The molecule has 0 radical (unpaired) electrons. The number of allylic oxidation sites excluding steroid dienone is 2. The van der Waals surface area contributed by atoms with Crippen LogP contribution in [0, 0.1) is 0 Å². The molecule has 0 rings (SSSR count). The lowest BCUT2D eigenvalue weighted by Crippen LogP contribution is -2.53. The molecule has 0 saturated carbocycles. The fraction of sp³-hybridized carbons (Fsp3) is 0.583. The predicted molar refractivity (Wildman–Crippen MR) is 81.9 cm³/mol. The van der Waals surface area contributed by atoms with Crippen molar-refractivity contribution in [2.75, 3.05) is 34.4 Å². The highest BCUT2D eigenvalue weighted by molar-refractivity contribution is 8.13. The minimum Gasteiger partial charge on any atom is -0.295 e. The summed E-state index contributed by atoms with van der Waals surface area (Å²) in [7, 11) is 7.60. The Labute approximate surface area is 115 Å². The van der Waals surface area contributed by atoms with Crippen molar-refractivity contribution in [3.8, 4) is 0 Å². The van der Waals surface area contributed by atoms with Gasteiger partial charge in [0.15, 0.2) is 5.17 Å². The van der Waals surface area contributed by atoms with E-state index in [1.165, 1.54) is 0 Å². The second-order valence-corrected chi connectivity index (χ2v) is 4.48. The number of hydrazine groups is 3. The first-order chi connectivity index (χ1) is 8.47. The molecule has 18 heavy (non-hydrogen) atoms. The Bertz CT molecular complexity index is 314. The van der Waals surface area contributed by atoms with Crippen LogP contribution in [0.4, 0.5) is 0 Å². The number of amidine groups is 1. The zero-order valence-corrected chi connectivity index (χ0v) is 13.1. The number of nitrogens with one attached hydrogen (secondary N) is 1. The third kappa shape index (κ3) is 5.57. The normalized spacial score (nSPS) is 12.6. The fourth-order valence-electron chi connectivity index (χ4n) is 1.15. The van der Waals surface area contributed by atoms with Gasteiger partial charge in [-0.2, -0.15) is 0 Å². The van der Waals surface area contributed by atoms with Crippen molar-refractivity contribution < 1.29 is 0 Å². The highest BCUT2D eigenvalue weighted by Gasteiger charge is 2.12. The molecule has 0 spiro atoms. The predicted octanol–water partition coefficient (Wildman–Crippen LogP) is 1.95. The third-order valence-electron chi connectivity index (χ3n) is 2.48. The van der Waals surface area contributed by atoms with Crippen LogP contribution in [0.15, 0.2) is 29.4 Å². The van der Waals surface area contributed by atoms with Crippen LogP contribution in [0.5, 0.6) is 0 Å². The zero-order valence-electron chi connectivity index (χ0n) is 12.3. The maximum Gasteiger partial charge on any atom is 0.171 e. The van der Waals surface area contributed by atoms with Gasteiger partial charge in [-0.05, 0) is 18.8 Å². The first-order valence-corrected chi connectivity index (χ1v) is 7.04. The van der Waals surface area contributed by atoms with E-state index < -0.39 is 0 Å². The summed E-state index contributed by atoms with van der Waals surface area (Å²) in [6.07, 6.45) is 7.08. The lowest BCUT2D eigenvalue weighted by molar-refractivity contribution is -0.134. The van der Waals surface area contributed by atoms with Crippen LogP contribution in [0.2, 0.25) is 0 Å². The van der Waals surface area contributed by atoms with Crippen molar-refractivity contribution in [2.24, 2.45) is 4.99 Å². The van der Waals surface area contributed by atoms with Crippen LogP contribution in [0.1, 0.15) is 13.3 Å². The zero-order chi connectivity index (χ0) is 14.1. The van der Waals surface area contributed by atoms with Crippen molar-refractivity contribution in [3.05, 3.63) is 24.4 Å². The number of hydrogen-bond donors (Lipinski definition) is 1. The fourth-order valence-corrected chi connectivity index (χ4v) is 1.55. The molecule has 0 aromatic heterocycles. The van der Waals surface area contributed by atoms with E-state index in [4.69, 9.17) is 0 Å². The van der Waals surface area contributed by atoms with Gasteiger partial charge in [-0.3, -0.25) is 15.4 Å². The maximum absolute atomic E-state index is 4.13. The molecule has 0 atom stereocenters. The van der Waals surface area contributed by atoms with Gasteiger partial charge in [0.05, 0.1) is 0 Å². The van der Waals surface area contributed by atoms with Crippen LogP contribution in [0.25, 0.3) is 0 Å². The summed E-state index contributed by atoms with van der Waals surface area (Å²) in [6.45, 7) is 6.12. The summed E-state index contributed by atoms with van der Waals surface area (Å²) in [5.41, 5.74) is 4.10. The molecule has 0 amide bonds. The third-order valence-corrected chi connectivity index (χ3v) is 3.14. The molecule has 104 valence electrons. The van der Waals surface area contributed by atoms with Crippen LogP contribution >= 0.6 is 11.8 Å². The van der Waals surface area contributed by atoms with Crippen LogP contribution in [0.3, 0.4) is 0 Å². The average Bonchev–Trinajstić information content (AvgIpc) is 2.39. The van der Waals surface area contributed by atoms with Gasteiger partial charge in [-0.25, -0.2) is 0 Å². The lowest BCUT2D eigenvalue weighted by atomic mass is 10.3. The summed E-state index contributed by atoms with van der Waals surface area (Å²) < 4.78 is 0. The molecule has 0 unspecified atom stereocenters. The molecule has 0 aromatic carbocycles. The summed E-state index contributed by atoms with van der Waals surface area (Å²) in [6, 6.07) is 0. The number of aliphatic imine (C=N–C) groups is 1. The van der Waals surface area contributed by atoms with Crippen LogP contribution in [-0.2, 0) is 0 Å². The SMILES string of the molecule is C=C(/C=C\CC)N(C)N(C)N(C)NC(=NC)SC. The summed E-state index contributed by atoms with van der Waals surface area (Å²) in [5.74, 6) is 0. The Kier molecular flexibility index (Phi) is 8.53. The molecule has 0 aliphatic heterocycles. The maximum atomic E-state index is 4.13. The summed E-state index contributed by atoms with van der Waals surface area (Å²) in [4.78, 5) is 4.13. The van der Waals surface area contributed by atoms with E-state index in [1.807, 2.05) is 48.7 Å². The number of likely N-dealkylation sites (N-methyl/N-ethyl adjacent to an activating group) is 1. The van der Waals surface area contributed by atoms with E-state index in [9.17, 15) is 0 Å². The lowest BCUT2D eigenvalue weighted by Gasteiger charge is -2.37. The smallest absolute Gasteiger partial charge is 0.171 e. The van der Waals surface area contributed by atoms with Gasteiger partial charge < -0.3 is 0 Å². The Balaban J connectivity index is 4.49. The van der Waals surface area contributed by atoms with Crippen molar-refractivity contribution in [3.63, 3.8) is 0 Å². The molecule has 0 bridgehead atoms. The summed E-state index contributed by atoms with van der Waals surface area (Å²) in [5, 5.41) is 6.58. The Hall–Kier alpha value is -0.980. The highest BCUT2D eigenvalue weighted by atomic mass is 32.2. The van der Waals surface area contributed by atoms with Crippen molar-refractivity contribution in [1.82, 2.24) is 20.7 Å².